The van der Waals surface area contributed by atoms with Gasteiger partial charge in [-0.15, -0.1) is 0 Å². The molecule has 0 unspecified atom stereocenters. The molecule has 0 atom stereocenters. The number of hydrogen-bond donors (Lipinski definition) is 1. The van der Waals surface area contributed by atoms with Gasteiger partial charge in [0, 0.05) is 57.4 Å². The third kappa shape index (κ3) is 4.45. The second-order valence-corrected chi connectivity index (χ2v) is 6.27. The van der Waals surface area contributed by atoms with Gasteiger partial charge in [0.15, 0.2) is 5.69 Å². The Morgan fingerprint density at radius 2 is 1.85 bits per heavy atom. The number of aryl methyl sites for hydroxylation is 1. The second kappa shape index (κ2) is 8.09. The molecule has 0 spiro atoms. The molecule has 1 aliphatic heterocycles. The first-order valence-corrected chi connectivity index (χ1v) is 8.53. The maximum atomic E-state index is 13.7. The molecule has 0 saturated carbocycles. The van der Waals surface area contributed by atoms with E-state index < -0.39 is 5.97 Å². The van der Waals surface area contributed by atoms with Gasteiger partial charge >= 0.3 is 5.97 Å². The lowest BCUT2D eigenvalue weighted by Crippen LogP contribution is -2.48. The average Bonchev–Trinajstić information content (AvgIpc) is 3.12. The minimum atomic E-state index is -1.08. The molecular weight excluding hydrogens is 339 g/mol. The number of carbonyl (C=O) groups is 2. The molecule has 8 heteroatoms. The van der Waals surface area contributed by atoms with E-state index in [0.717, 1.165) is 0 Å². The zero-order chi connectivity index (χ0) is 18.5. The number of nitrogens with zero attached hydrogens (tertiary/aromatic N) is 4. The van der Waals surface area contributed by atoms with Crippen LogP contribution in [0.5, 0.6) is 0 Å². The molecule has 1 saturated heterocycles. The summed E-state index contributed by atoms with van der Waals surface area (Å²) in [6, 6.07) is 8.15. The third-order valence-electron chi connectivity index (χ3n) is 4.49. The van der Waals surface area contributed by atoms with Crippen LogP contribution in [0.15, 0.2) is 36.5 Å². The van der Waals surface area contributed by atoms with Crippen molar-refractivity contribution < 1.29 is 19.1 Å². The number of hydrogen-bond acceptors (Lipinski definition) is 4. The number of rotatable bonds is 6. The monoisotopic (exact) mass is 360 g/mol. The van der Waals surface area contributed by atoms with E-state index in [1.54, 1.807) is 23.2 Å². The smallest absolute Gasteiger partial charge is 0.356 e. The minimum absolute atomic E-state index is 0.0166. The lowest BCUT2D eigenvalue weighted by atomic mass is 10.2. The molecule has 2 aromatic rings. The fraction of sp³-hybridized carbons (Fsp3) is 0.389. The summed E-state index contributed by atoms with van der Waals surface area (Å²) < 4.78 is 15.2. The van der Waals surface area contributed by atoms with Crippen LogP contribution < -0.4 is 0 Å². The number of benzene rings is 1. The predicted octanol–water partition coefficient (Wildman–Crippen LogP) is 1.45. The maximum Gasteiger partial charge on any atom is 0.356 e. The molecule has 7 nitrogen and oxygen atoms in total. The number of carbonyl (C=O) groups excluding carboxylic acids is 1. The minimum Gasteiger partial charge on any atom is -0.476 e. The van der Waals surface area contributed by atoms with Crippen molar-refractivity contribution in [1.82, 2.24) is 19.6 Å². The number of halogens is 1. The Kier molecular flexibility index (Phi) is 5.62. The van der Waals surface area contributed by atoms with Gasteiger partial charge in [-0.2, -0.15) is 5.10 Å². The van der Waals surface area contributed by atoms with Crippen molar-refractivity contribution in [3.05, 3.63) is 53.6 Å². The van der Waals surface area contributed by atoms with Gasteiger partial charge < -0.3 is 10.0 Å². The Hall–Kier alpha value is -2.74. The summed E-state index contributed by atoms with van der Waals surface area (Å²) in [6.07, 6.45) is 1.83. The molecule has 138 valence electrons. The van der Waals surface area contributed by atoms with Crippen molar-refractivity contribution in [1.29, 1.82) is 0 Å². The molecule has 1 fully saturated rings. The molecule has 0 bridgehead atoms. The quantitative estimate of drug-likeness (QED) is 0.844. The lowest BCUT2D eigenvalue weighted by Gasteiger charge is -2.34. The van der Waals surface area contributed by atoms with E-state index in [0.29, 0.717) is 44.8 Å². The fourth-order valence-electron chi connectivity index (χ4n) is 2.99. The number of aromatic nitrogens is 2. The third-order valence-corrected chi connectivity index (χ3v) is 4.49. The zero-order valence-electron chi connectivity index (χ0n) is 14.3. The first kappa shape index (κ1) is 18.1. The van der Waals surface area contributed by atoms with Crippen LogP contribution in [0.2, 0.25) is 0 Å². The van der Waals surface area contributed by atoms with Gasteiger partial charge in [0.05, 0.1) is 0 Å². The number of aromatic carboxylic acids is 1. The molecule has 1 aromatic heterocycles. The van der Waals surface area contributed by atoms with Gasteiger partial charge in [-0.1, -0.05) is 18.2 Å². The van der Waals surface area contributed by atoms with Crippen LogP contribution in [-0.4, -0.2) is 62.7 Å². The van der Waals surface area contributed by atoms with Gasteiger partial charge in [-0.3, -0.25) is 14.4 Å². The normalized spacial score (nSPS) is 15.2. The first-order chi connectivity index (χ1) is 12.5. The molecule has 2 heterocycles. The van der Waals surface area contributed by atoms with Crippen molar-refractivity contribution >= 4 is 11.9 Å². The molecule has 1 amide bonds. The highest BCUT2D eigenvalue weighted by molar-refractivity contribution is 5.85. The number of piperazine rings is 1. The van der Waals surface area contributed by atoms with Crippen LogP contribution in [0.1, 0.15) is 22.5 Å². The SMILES string of the molecule is O=C(O)c1ccn(CCC(=O)N2CCN(Cc3ccccc3F)CC2)n1. The molecule has 1 N–H and O–H groups in total. The van der Waals surface area contributed by atoms with E-state index in [9.17, 15) is 14.0 Å². The van der Waals surface area contributed by atoms with Gasteiger partial charge in [0.25, 0.3) is 0 Å². The second-order valence-electron chi connectivity index (χ2n) is 6.27. The van der Waals surface area contributed by atoms with Gasteiger partial charge in [-0.25, -0.2) is 9.18 Å². The summed E-state index contributed by atoms with van der Waals surface area (Å²) in [4.78, 5) is 27.0. The summed E-state index contributed by atoms with van der Waals surface area (Å²) in [5.74, 6) is -1.27. The molecule has 1 aliphatic rings. The summed E-state index contributed by atoms with van der Waals surface area (Å²) >= 11 is 0. The van der Waals surface area contributed by atoms with E-state index in [2.05, 4.69) is 10.00 Å². The van der Waals surface area contributed by atoms with Crippen molar-refractivity contribution in [2.75, 3.05) is 26.2 Å². The van der Waals surface area contributed by atoms with E-state index in [-0.39, 0.29) is 23.8 Å². The highest BCUT2D eigenvalue weighted by atomic mass is 19.1. The summed E-state index contributed by atoms with van der Waals surface area (Å²) in [6.45, 7) is 3.50. The largest absolute Gasteiger partial charge is 0.476 e. The molecule has 26 heavy (non-hydrogen) atoms. The van der Waals surface area contributed by atoms with Crippen LogP contribution >= 0.6 is 0 Å². The lowest BCUT2D eigenvalue weighted by molar-refractivity contribution is -0.133. The van der Waals surface area contributed by atoms with Crippen LogP contribution in [0.3, 0.4) is 0 Å². The Morgan fingerprint density at radius 1 is 1.12 bits per heavy atom. The van der Waals surface area contributed by atoms with Crippen molar-refractivity contribution in [3.8, 4) is 0 Å². The van der Waals surface area contributed by atoms with Gasteiger partial charge in [0.2, 0.25) is 5.91 Å². The topological polar surface area (TPSA) is 78.7 Å². The van der Waals surface area contributed by atoms with E-state index >= 15 is 0 Å². The highest BCUT2D eigenvalue weighted by Gasteiger charge is 2.21. The van der Waals surface area contributed by atoms with Crippen LogP contribution in [-0.2, 0) is 17.9 Å². The summed E-state index contributed by atoms with van der Waals surface area (Å²) in [5, 5.41) is 12.7. The predicted molar refractivity (Wildman–Crippen MR) is 92.1 cm³/mol. The Morgan fingerprint density at radius 3 is 2.50 bits per heavy atom. The number of carboxylic acids is 1. The van der Waals surface area contributed by atoms with Crippen molar-refractivity contribution in [3.63, 3.8) is 0 Å². The molecular formula is C18H21FN4O3. The average molecular weight is 360 g/mol. The number of amides is 1. The highest BCUT2D eigenvalue weighted by Crippen LogP contribution is 2.12. The Labute approximate surface area is 150 Å². The molecule has 0 aliphatic carbocycles. The molecule has 3 rings (SSSR count). The van der Waals surface area contributed by atoms with Crippen LogP contribution in [0, 0.1) is 5.82 Å². The zero-order valence-corrected chi connectivity index (χ0v) is 14.3. The standard InChI is InChI=1S/C18H21FN4O3/c19-15-4-2-1-3-14(15)13-21-9-11-22(12-10-21)17(24)6-8-23-7-5-16(20-23)18(25)26/h1-5,7H,6,8-13H2,(H,25,26). The summed E-state index contributed by atoms with van der Waals surface area (Å²) in [5.41, 5.74) is 0.638. The fourth-order valence-corrected chi connectivity index (χ4v) is 2.99. The van der Waals surface area contributed by atoms with E-state index in [1.165, 1.54) is 16.8 Å². The van der Waals surface area contributed by atoms with Crippen molar-refractivity contribution in [2.24, 2.45) is 0 Å². The van der Waals surface area contributed by atoms with Gasteiger partial charge in [-0.05, 0) is 12.1 Å². The Bertz CT molecular complexity index is 784. The van der Waals surface area contributed by atoms with E-state index in [1.807, 2.05) is 6.07 Å². The van der Waals surface area contributed by atoms with Crippen LogP contribution in [0.25, 0.3) is 0 Å². The number of carboxylic acid groups (broad SMARTS) is 1. The van der Waals surface area contributed by atoms with Crippen LogP contribution in [0.4, 0.5) is 4.39 Å². The molecule has 0 radical (unpaired) electrons. The Balaban J connectivity index is 1.44. The maximum absolute atomic E-state index is 13.7. The summed E-state index contributed by atoms with van der Waals surface area (Å²) in [7, 11) is 0. The van der Waals surface area contributed by atoms with Gasteiger partial charge in [0.1, 0.15) is 5.82 Å². The first-order valence-electron chi connectivity index (χ1n) is 8.53. The molecule has 1 aromatic carbocycles. The van der Waals surface area contributed by atoms with Crippen molar-refractivity contribution in [2.45, 2.75) is 19.5 Å². The van der Waals surface area contributed by atoms with E-state index in [4.69, 9.17) is 5.11 Å².